The molecule has 0 bridgehead atoms. The maximum atomic E-state index is 5.66. The molecule has 0 unspecified atom stereocenters. The van der Waals surface area contributed by atoms with Crippen molar-refractivity contribution in [3.63, 3.8) is 0 Å². The Morgan fingerprint density at radius 1 is 0.688 bits per heavy atom. The van der Waals surface area contributed by atoms with Gasteiger partial charge in [0.2, 0.25) is 0 Å². The SMILES string of the molecule is Nc1cccc(NNc2cccc(N)c2)c1. The minimum atomic E-state index is 0.722. The lowest BCUT2D eigenvalue weighted by molar-refractivity contribution is 1.41. The van der Waals surface area contributed by atoms with Crippen LogP contribution >= 0.6 is 0 Å². The van der Waals surface area contributed by atoms with Crippen LogP contribution in [0.25, 0.3) is 0 Å². The summed E-state index contributed by atoms with van der Waals surface area (Å²) in [4.78, 5) is 0. The van der Waals surface area contributed by atoms with Gasteiger partial charge in [0.15, 0.2) is 0 Å². The van der Waals surface area contributed by atoms with E-state index in [9.17, 15) is 0 Å². The quantitative estimate of drug-likeness (QED) is 0.467. The minimum absolute atomic E-state index is 0.722. The monoisotopic (exact) mass is 214 g/mol. The highest BCUT2D eigenvalue weighted by atomic mass is 15.4. The van der Waals surface area contributed by atoms with E-state index in [4.69, 9.17) is 11.5 Å². The lowest BCUT2D eigenvalue weighted by Gasteiger charge is -2.10. The zero-order valence-electron chi connectivity index (χ0n) is 8.77. The standard InChI is InChI=1S/C12H14N4/c13-9-3-1-5-11(7-9)15-16-12-6-2-4-10(14)8-12/h1-8,15-16H,13-14H2. The number of rotatable bonds is 3. The predicted octanol–water partition coefficient (Wildman–Crippen LogP) is 2.29. The summed E-state index contributed by atoms with van der Waals surface area (Å²) in [6, 6.07) is 15.0. The van der Waals surface area contributed by atoms with Gasteiger partial charge in [-0.2, -0.15) is 0 Å². The summed E-state index contributed by atoms with van der Waals surface area (Å²) in [5.74, 6) is 0. The third-order valence-corrected chi connectivity index (χ3v) is 2.12. The molecular formula is C12H14N4. The van der Waals surface area contributed by atoms with Crippen molar-refractivity contribution in [1.29, 1.82) is 0 Å². The molecule has 4 nitrogen and oxygen atoms in total. The van der Waals surface area contributed by atoms with Crippen LogP contribution in [0.15, 0.2) is 48.5 Å². The van der Waals surface area contributed by atoms with Crippen molar-refractivity contribution >= 4 is 22.7 Å². The van der Waals surface area contributed by atoms with Gasteiger partial charge in [0, 0.05) is 11.4 Å². The lowest BCUT2D eigenvalue weighted by atomic mass is 10.3. The fourth-order valence-corrected chi connectivity index (χ4v) is 1.38. The average Bonchev–Trinajstić information content (AvgIpc) is 2.27. The number of anilines is 4. The van der Waals surface area contributed by atoms with E-state index in [1.807, 2.05) is 48.5 Å². The Kier molecular flexibility index (Phi) is 2.82. The lowest BCUT2D eigenvalue weighted by Crippen LogP contribution is -2.08. The van der Waals surface area contributed by atoms with Gasteiger partial charge in [-0.15, -0.1) is 0 Å². The summed E-state index contributed by atoms with van der Waals surface area (Å²) < 4.78 is 0. The van der Waals surface area contributed by atoms with Crippen LogP contribution < -0.4 is 22.3 Å². The van der Waals surface area contributed by atoms with Gasteiger partial charge >= 0.3 is 0 Å². The summed E-state index contributed by atoms with van der Waals surface area (Å²) in [6.07, 6.45) is 0. The van der Waals surface area contributed by atoms with E-state index in [2.05, 4.69) is 10.9 Å². The van der Waals surface area contributed by atoms with Crippen molar-refractivity contribution in [2.75, 3.05) is 22.3 Å². The Balaban J connectivity index is 2.02. The number of nitrogens with two attached hydrogens (primary N) is 2. The molecule has 0 atom stereocenters. The highest BCUT2D eigenvalue weighted by Crippen LogP contribution is 2.14. The van der Waals surface area contributed by atoms with E-state index in [0.29, 0.717) is 0 Å². The molecule has 0 fully saturated rings. The van der Waals surface area contributed by atoms with Crippen LogP contribution in [0.4, 0.5) is 22.7 Å². The molecule has 82 valence electrons. The fraction of sp³-hybridized carbons (Fsp3) is 0. The maximum Gasteiger partial charge on any atom is 0.0560 e. The molecule has 0 aliphatic rings. The Bertz CT molecular complexity index is 436. The summed E-state index contributed by atoms with van der Waals surface area (Å²) in [5.41, 5.74) is 20.7. The smallest absolute Gasteiger partial charge is 0.0560 e. The van der Waals surface area contributed by atoms with Crippen molar-refractivity contribution in [1.82, 2.24) is 0 Å². The molecule has 0 saturated heterocycles. The molecule has 6 N–H and O–H groups in total. The number of nitrogens with one attached hydrogen (secondary N) is 2. The van der Waals surface area contributed by atoms with Gasteiger partial charge in [0.05, 0.1) is 11.4 Å². The molecule has 0 saturated carbocycles. The molecular weight excluding hydrogens is 200 g/mol. The predicted molar refractivity (Wildman–Crippen MR) is 69.0 cm³/mol. The second-order valence-electron chi connectivity index (χ2n) is 3.50. The molecule has 0 amide bonds. The molecule has 0 aromatic heterocycles. The highest BCUT2D eigenvalue weighted by molar-refractivity contribution is 5.60. The molecule has 2 aromatic rings. The van der Waals surface area contributed by atoms with E-state index in [1.165, 1.54) is 0 Å². The normalized spacial score (nSPS) is 9.75. The maximum absolute atomic E-state index is 5.66. The summed E-state index contributed by atoms with van der Waals surface area (Å²) in [7, 11) is 0. The summed E-state index contributed by atoms with van der Waals surface area (Å²) in [5, 5.41) is 0. The molecule has 16 heavy (non-hydrogen) atoms. The van der Waals surface area contributed by atoms with Crippen LogP contribution in [0.3, 0.4) is 0 Å². The second-order valence-corrected chi connectivity index (χ2v) is 3.50. The third-order valence-electron chi connectivity index (χ3n) is 2.12. The van der Waals surface area contributed by atoms with Crippen molar-refractivity contribution in [2.45, 2.75) is 0 Å². The van der Waals surface area contributed by atoms with Gasteiger partial charge in [-0.3, -0.25) is 0 Å². The fourth-order valence-electron chi connectivity index (χ4n) is 1.38. The van der Waals surface area contributed by atoms with Gasteiger partial charge in [0.1, 0.15) is 0 Å². The molecule has 0 spiro atoms. The van der Waals surface area contributed by atoms with Gasteiger partial charge in [-0.05, 0) is 36.4 Å². The van der Waals surface area contributed by atoms with Crippen LogP contribution in [0, 0.1) is 0 Å². The summed E-state index contributed by atoms with van der Waals surface area (Å²) >= 11 is 0. The molecule has 4 heteroatoms. The Hall–Kier alpha value is -2.36. The zero-order valence-corrected chi connectivity index (χ0v) is 8.77. The number of hydrazine groups is 1. The second kappa shape index (κ2) is 4.44. The van der Waals surface area contributed by atoms with Gasteiger partial charge in [-0.1, -0.05) is 12.1 Å². The third kappa shape index (κ3) is 2.57. The largest absolute Gasteiger partial charge is 0.399 e. The molecule has 0 heterocycles. The first-order chi connectivity index (χ1) is 7.74. The first kappa shape index (κ1) is 10.2. The zero-order chi connectivity index (χ0) is 11.4. The van der Waals surface area contributed by atoms with E-state index < -0.39 is 0 Å². The number of benzene rings is 2. The van der Waals surface area contributed by atoms with Crippen LogP contribution in [0.1, 0.15) is 0 Å². The summed E-state index contributed by atoms with van der Waals surface area (Å²) in [6.45, 7) is 0. The highest BCUT2D eigenvalue weighted by Gasteiger charge is 1.93. The molecule has 2 aromatic carbocycles. The number of hydrogen-bond acceptors (Lipinski definition) is 4. The van der Waals surface area contributed by atoms with E-state index in [-0.39, 0.29) is 0 Å². The average molecular weight is 214 g/mol. The number of hydrogen-bond donors (Lipinski definition) is 4. The first-order valence-electron chi connectivity index (χ1n) is 4.97. The first-order valence-corrected chi connectivity index (χ1v) is 4.97. The molecule has 0 aliphatic heterocycles. The van der Waals surface area contributed by atoms with Crippen LogP contribution in [0.5, 0.6) is 0 Å². The van der Waals surface area contributed by atoms with E-state index >= 15 is 0 Å². The van der Waals surface area contributed by atoms with Crippen molar-refractivity contribution in [2.24, 2.45) is 0 Å². The molecule has 0 radical (unpaired) electrons. The van der Waals surface area contributed by atoms with Gasteiger partial charge < -0.3 is 22.3 Å². The van der Waals surface area contributed by atoms with Crippen LogP contribution in [-0.4, -0.2) is 0 Å². The van der Waals surface area contributed by atoms with Crippen molar-refractivity contribution in [3.05, 3.63) is 48.5 Å². The molecule has 2 rings (SSSR count). The van der Waals surface area contributed by atoms with Crippen LogP contribution in [-0.2, 0) is 0 Å². The Morgan fingerprint density at radius 3 is 1.50 bits per heavy atom. The minimum Gasteiger partial charge on any atom is -0.399 e. The van der Waals surface area contributed by atoms with E-state index in [0.717, 1.165) is 22.7 Å². The van der Waals surface area contributed by atoms with Gasteiger partial charge in [0.25, 0.3) is 0 Å². The van der Waals surface area contributed by atoms with Crippen molar-refractivity contribution in [3.8, 4) is 0 Å². The van der Waals surface area contributed by atoms with Gasteiger partial charge in [-0.25, -0.2) is 0 Å². The number of nitrogen functional groups attached to an aromatic ring is 2. The topological polar surface area (TPSA) is 76.1 Å². The van der Waals surface area contributed by atoms with E-state index in [1.54, 1.807) is 0 Å². The van der Waals surface area contributed by atoms with Crippen LogP contribution in [0.2, 0.25) is 0 Å². The molecule has 0 aliphatic carbocycles. The Labute approximate surface area is 94.2 Å². The Morgan fingerprint density at radius 2 is 1.12 bits per heavy atom. The van der Waals surface area contributed by atoms with Crippen molar-refractivity contribution < 1.29 is 0 Å².